The largest absolute Gasteiger partial charge is 0.496 e. The lowest BCUT2D eigenvalue weighted by atomic mass is 10.1. The average Bonchev–Trinajstić information content (AvgIpc) is 3.58. The molecule has 0 aliphatic rings. The zero-order chi connectivity index (χ0) is 36.6. The summed E-state index contributed by atoms with van der Waals surface area (Å²) in [4.78, 5) is 42.5. The fourth-order valence-electron chi connectivity index (χ4n) is 5.53. The summed E-state index contributed by atoms with van der Waals surface area (Å²) in [5.74, 6) is -0.756. The Hall–Kier alpha value is -6.01. The lowest BCUT2D eigenvalue weighted by Gasteiger charge is -2.16. The lowest BCUT2D eigenvalue weighted by molar-refractivity contribution is -0.145. The number of hydrogen-bond donors (Lipinski definition) is 3. The van der Waals surface area contributed by atoms with E-state index < -0.39 is 17.8 Å². The third-order valence-electron chi connectivity index (χ3n) is 8.25. The number of methoxy groups -OCH3 is 2. The molecule has 52 heavy (non-hydrogen) atoms. The van der Waals surface area contributed by atoms with Gasteiger partial charge in [-0.15, -0.1) is 0 Å². The molecular formula is C40H34BrFN4O6. The molecule has 6 aromatic rings. The maximum atomic E-state index is 15.2. The van der Waals surface area contributed by atoms with Gasteiger partial charge in [0.15, 0.2) is 5.58 Å². The van der Waals surface area contributed by atoms with Crippen molar-refractivity contribution in [1.29, 1.82) is 0 Å². The van der Waals surface area contributed by atoms with E-state index in [4.69, 9.17) is 13.9 Å². The molecule has 0 spiro atoms. The summed E-state index contributed by atoms with van der Waals surface area (Å²) >= 11 is 3.39. The molecule has 264 valence electrons. The van der Waals surface area contributed by atoms with Gasteiger partial charge in [0.05, 0.1) is 30.8 Å². The normalized spacial score (nSPS) is 11.5. The number of carbonyl (C=O) groups excluding carboxylic acids is 3. The number of nitrogens with one attached hydrogen (secondary N) is 3. The summed E-state index contributed by atoms with van der Waals surface area (Å²) in [7, 11) is 2.84. The van der Waals surface area contributed by atoms with Crippen LogP contribution in [-0.2, 0) is 33.7 Å². The number of carbonyl (C=O) groups is 3. The number of ether oxygens (including phenoxy) is 2. The summed E-state index contributed by atoms with van der Waals surface area (Å²) in [6.45, 7) is 0.349. The molecule has 0 aliphatic carbocycles. The molecule has 3 N–H and O–H groups in total. The van der Waals surface area contributed by atoms with Gasteiger partial charge < -0.3 is 29.8 Å². The van der Waals surface area contributed by atoms with Crippen LogP contribution >= 0.6 is 15.9 Å². The number of amides is 2. The van der Waals surface area contributed by atoms with Gasteiger partial charge in [-0.05, 0) is 93.3 Å². The van der Waals surface area contributed by atoms with Gasteiger partial charge in [0, 0.05) is 29.8 Å². The van der Waals surface area contributed by atoms with Crippen LogP contribution in [0.4, 0.5) is 15.8 Å². The third-order valence-corrected chi connectivity index (χ3v) is 8.86. The maximum absolute atomic E-state index is 15.2. The number of esters is 1. The van der Waals surface area contributed by atoms with Crippen molar-refractivity contribution in [3.8, 4) is 17.2 Å². The molecule has 0 unspecified atom stereocenters. The Morgan fingerprint density at radius 2 is 1.63 bits per heavy atom. The zero-order valence-corrected chi connectivity index (χ0v) is 29.8. The van der Waals surface area contributed by atoms with Gasteiger partial charge >= 0.3 is 5.97 Å². The number of rotatable bonds is 13. The van der Waals surface area contributed by atoms with E-state index in [-0.39, 0.29) is 24.1 Å². The van der Waals surface area contributed by atoms with Crippen molar-refractivity contribution in [2.75, 3.05) is 24.9 Å². The predicted molar refractivity (Wildman–Crippen MR) is 200 cm³/mol. The minimum absolute atomic E-state index is 0.00856. The summed E-state index contributed by atoms with van der Waals surface area (Å²) in [5.41, 5.74) is 5.28. The van der Waals surface area contributed by atoms with Crippen LogP contribution in [0.15, 0.2) is 118 Å². The number of benzene rings is 5. The highest BCUT2D eigenvalue weighted by Crippen LogP contribution is 2.29. The molecule has 5 aromatic carbocycles. The SMILES string of the molecule is COC(=O)[C@H](Cc1ccccc1)NC(=O)Cc1ccc2oc(-c3ccc(NCc4ccc(NC(=O)c5ccc(OC)c(Br)c5)cc4)c(F)c3)nc2c1. The van der Waals surface area contributed by atoms with Crippen LogP contribution in [0, 0.1) is 5.82 Å². The first-order valence-electron chi connectivity index (χ1n) is 16.3. The summed E-state index contributed by atoms with van der Waals surface area (Å²) in [6.07, 6.45) is 0.309. The standard InChI is InChI=1S/C40H34BrFN4O6/c1-50-35-17-12-27(21-30(35)41)38(48)44-29-13-8-25(9-14-29)23-43-32-15-11-28(22-31(32)42)39-46-33-19-26(10-16-36(33)52-39)20-37(47)45-34(40(49)51-2)18-24-6-4-3-5-7-24/h3-17,19,21-22,34,43H,18,20,23H2,1-2H3,(H,44,48)(H,45,47)/t34-/m0/s1. The first-order chi connectivity index (χ1) is 25.2. The predicted octanol–water partition coefficient (Wildman–Crippen LogP) is 7.71. The smallest absolute Gasteiger partial charge is 0.328 e. The molecule has 1 aromatic heterocycles. The van der Waals surface area contributed by atoms with Crippen LogP contribution in [-0.4, -0.2) is 43.0 Å². The Morgan fingerprint density at radius 3 is 2.35 bits per heavy atom. The molecule has 6 rings (SSSR count). The minimum atomic E-state index is -0.830. The second kappa shape index (κ2) is 16.3. The Morgan fingerprint density at radius 1 is 0.865 bits per heavy atom. The number of nitrogens with zero attached hydrogens (tertiary/aromatic N) is 1. The summed E-state index contributed by atoms with van der Waals surface area (Å²) < 4.78 is 31.9. The number of aromatic nitrogens is 1. The topological polar surface area (TPSA) is 132 Å². The number of halogens is 2. The molecule has 2 amide bonds. The van der Waals surface area contributed by atoms with E-state index in [9.17, 15) is 14.4 Å². The zero-order valence-electron chi connectivity index (χ0n) is 28.2. The Kier molecular flexibility index (Phi) is 11.3. The fraction of sp³-hybridized carbons (Fsp3) is 0.150. The Balaban J connectivity index is 1.05. The Labute approximate surface area is 307 Å². The van der Waals surface area contributed by atoms with Crippen LogP contribution in [0.5, 0.6) is 5.75 Å². The molecule has 1 atom stereocenters. The van der Waals surface area contributed by atoms with Gasteiger partial charge in [0.1, 0.15) is 23.1 Å². The van der Waals surface area contributed by atoms with Crippen molar-refractivity contribution < 1.29 is 32.7 Å². The summed E-state index contributed by atoms with van der Waals surface area (Å²) in [5, 5.41) is 8.74. The van der Waals surface area contributed by atoms with Crippen LogP contribution in [0.2, 0.25) is 0 Å². The molecule has 1 heterocycles. The maximum Gasteiger partial charge on any atom is 0.328 e. The van der Waals surface area contributed by atoms with Crippen LogP contribution < -0.4 is 20.7 Å². The number of fused-ring (bicyclic) bond motifs is 1. The Bertz CT molecular complexity index is 2230. The molecule has 0 fully saturated rings. The molecule has 10 nitrogen and oxygen atoms in total. The van der Waals surface area contributed by atoms with E-state index in [1.54, 1.807) is 67.8 Å². The average molecular weight is 766 g/mol. The molecule has 0 radical (unpaired) electrons. The van der Waals surface area contributed by atoms with E-state index in [0.29, 0.717) is 62.4 Å². The fourth-order valence-corrected chi connectivity index (χ4v) is 6.07. The van der Waals surface area contributed by atoms with Gasteiger partial charge in [0.2, 0.25) is 11.8 Å². The first kappa shape index (κ1) is 35.8. The minimum Gasteiger partial charge on any atom is -0.496 e. The van der Waals surface area contributed by atoms with Crippen molar-refractivity contribution in [2.45, 2.75) is 25.4 Å². The lowest BCUT2D eigenvalue weighted by Crippen LogP contribution is -2.43. The van der Waals surface area contributed by atoms with E-state index in [1.165, 1.54) is 13.2 Å². The van der Waals surface area contributed by atoms with Crippen molar-refractivity contribution in [3.05, 3.63) is 142 Å². The van der Waals surface area contributed by atoms with Crippen LogP contribution in [0.25, 0.3) is 22.6 Å². The monoisotopic (exact) mass is 764 g/mol. The van der Waals surface area contributed by atoms with Crippen LogP contribution in [0.1, 0.15) is 27.0 Å². The molecule has 0 aliphatic heterocycles. The molecule has 0 saturated heterocycles. The van der Waals surface area contributed by atoms with Gasteiger partial charge in [-0.2, -0.15) is 0 Å². The molecule has 0 saturated carbocycles. The second-order valence-electron chi connectivity index (χ2n) is 11.9. The van der Waals surface area contributed by atoms with Crippen molar-refractivity contribution in [1.82, 2.24) is 10.3 Å². The third kappa shape index (κ3) is 8.82. The van der Waals surface area contributed by atoms with Gasteiger partial charge in [-0.1, -0.05) is 48.5 Å². The number of hydrogen-bond acceptors (Lipinski definition) is 8. The quantitative estimate of drug-likeness (QED) is 0.102. The van der Waals surface area contributed by atoms with Crippen molar-refractivity contribution in [3.63, 3.8) is 0 Å². The van der Waals surface area contributed by atoms with Gasteiger partial charge in [-0.25, -0.2) is 14.2 Å². The van der Waals surface area contributed by atoms with Crippen molar-refractivity contribution in [2.24, 2.45) is 0 Å². The second-order valence-corrected chi connectivity index (χ2v) is 12.7. The summed E-state index contributed by atoms with van der Waals surface area (Å²) in [6, 6.07) is 30.7. The van der Waals surface area contributed by atoms with Gasteiger partial charge in [0.25, 0.3) is 5.91 Å². The van der Waals surface area contributed by atoms with Crippen molar-refractivity contribution >= 4 is 56.2 Å². The molecular weight excluding hydrogens is 731 g/mol. The highest BCUT2D eigenvalue weighted by molar-refractivity contribution is 9.10. The highest BCUT2D eigenvalue weighted by Gasteiger charge is 2.22. The number of oxazole rings is 1. The van der Waals surface area contributed by atoms with E-state index in [0.717, 1.165) is 11.1 Å². The number of anilines is 2. The first-order valence-corrected chi connectivity index (χ1v) is 17.1. The highest BCUT2D eigenvalue weighted by atomic mass is 79.9. The molecule has 0 bridgehead atoms. The molecule has 12 heteroatoms. The van der Waals surface area contributed by atoms with E-state index >= 15 is 4.39 Å². The van der Waals surface area contributed by atoms with Crippen LogP contribution in [0.3, 0.4) is 0 Å². The van der Waals surface area contributed by atoms with Gasteiger partial charge in [-0.3, -0.25) is 9.59 Å². The van der Waals surface area contributed by atoms with E-state index in [2.05, 4.69) is 36.9 Å². The van der Waals surface area contributed by atoms with E-state index in [1.807, 2.05) is 42.5 Å².